The number of allylic oxidation sites excluding steroid dienone is 1. The predicted octanol–water partition coefficient (Wildman–Crippen LogP) is 2.36. The SMILES string of the molecule is C=CCCCCC[C@H](NC(=O)OC1CCCC1)C(=O)N1C[C@@H](O)C[C@H]1C(=O)N[C@]1(C(=O)OC)C[C@H]1C=C. The van der Waals surface area contributed by atoms with Crippen LogP contribution in [0.5, 0.6) is 0 Å². The van der Waals surface area contributed by atoms with Gasteiger partial charge in [-0.25, -0.2) is 9.59 Å². The third-order valence-electron chi connectivity index (χ3n) is 7.63. The lowest BCUT2D eigenvalue weighted by Crippen LogP contribution is -2.56. The molecule has 0 unspecified atom stereocenters. The number of amides is 3. The molecule has 0 aromatic rings. The highest BCUT2D eigenvalue weighted by atomic mass is 16.6. The van der Waals surface area contributed by atoms with Gasteiger partial charge in [-0.3, -0.25) is 9.59 Å². The highest BCUT2D eigenvalue weighted by Gasteiger charge is 2.61. The second-order valence-corrected chi connectivity index (χ2v) is 10.3. The number of hydrogen-bond acceptors (Lipinski definition) is 7. The van der Waals surface area contributed by atoms with Crippen molar-refractivity contribution in [1.82, 2.24) is 15.5 Å². The minimum Gasteiger partial charge on any atom is -0.467 e. The van der Waals surface area contributed by atoms with Gasteiger partial charge in [-0.1, -0.05) is 25.0 Å². The lowest BCUT2D eigenvalue weighted by molar-refractivity contribution is -0.148. The fourth-order valence-electron chi connectivity index (χ4n) is 5.40. The van der Waals surface area contributed by atoms with E-state index in [9.17, 15) is 24.3 Å². The van der Waals surface area contributed by atoms with Crippen molar-refractivity contribution in [3.05, 3.63) is 25.3 Å². The molecule has 0 aromatic heterocycles. The zero-order valence-electron chi connectivity index (χ0n) is 21.8. The Labute approximate surface area is 218 Å². The van der Waals surface area contributed by atoms with Crippen LogP contribution in [-0.4, -0.2) is 77.4 Å². The molecule has 3 N–H and O–H groups in total. The second kappa shape index (κ2) is 13.1. The van der Waals surface area contributed by atoms with Crippen LogP contribution in [-0.2, 0) is 23.9 Å². The average Bonchev–Trinajstić information content (AvgIpc) is 3.17. The summed E-state index contributed by atoms with van der Waals surface area (Å²) in [5.74, 6) is -1.84. The molecule has 1 saturated heterocycles. The van der Waals surface area contributed by atoms with Gasteiger partial charge in [0.2, 0.25) is 11.8 Å². The monoisotopic (exact) mass is 519 g/mol. The number of unbranched alkanes of at least 4 members (excludes halogenated alkanes) is 3. The van der Waals surface area contributed by atoms with Gasteiger partial charge in [-0.2, -0.15) is 0 Å². The van der Waals surface area contributed by atoms with E-state index in [1.54, 1.807) is 6.08 Å². The van der Waals surface area contributed by atoms with E-state index in [4.69, 9.17) is 9.47 Å². The van der Waals surface area contributed by atoms with Crippen molar-refractivity contribution >= 4 is 23.9 Å². The average molecular weight is 520 g/mol. The Morgan fingerprint density at radius 1 is 1.16 bits per heavy atom. The van der Waals surface area contributed by atoms with Crippen molar-refractivity contribution in [1.29, 1.82) is 0 Å². The highest BCUT2D eigenvalue weighted by Crippen LogP contribution is 2.45. The Bertz CT molecular complexity index is 872. The summed E-state index contributed by atoms with van der Waals surface area (Å²) in [6.45, 7) is 7.39. The van der Waals surface area contributed by atoms with Gasteiger partial charge in [-0.05, 0) is 51.4 Å². The summed E-state index contributed by atoms with van der Waals surface area (Å²) in [6, 6.07) is -1.87. The molecule has 3 fully saturated rings. The summed E-state index contributed by atoms with van der Waals surface area (Å²) in [5.41, 5.74) is -1.20. The van der Waals surface area contributed by atoms with Crippen LogP contribution in [0.25, 0.3) is 0 Å². The minimum absolute atomic E-state index is 0.0339. The van der Waals surface area contributed by atoms with E-state index in [1.807, 2.05) is 6.08 Å². The van der Waals surface area contributed by atoms with Crippen LogP contribution in [0.4, 0.5) is 4.79 Å². The molecule has 1 heterocycles. The van der Waals surface area contributed by atoms with Crippen molar-refractivity contribution < 1.29 is 33.8 Å². The topological polar surface area (TPSA) is 134 Å². The van der Waals surface area contributed by atoms with Gasteiger partial charge in [0, 0.05) is 18.9 Å². The molecule has 0 radical (unpaired) electrons. The molecule has 3 aliphatic rings. The first-order valence-corrected chi connectivity index (χ1v) is 13.3. The first kappa shape index (κ1) is 28.7. The third-order valence-corrected chi connectivity index (χ3v) is 7.63. The zero-order chi connectivity index (χ0) is 27.0. The van der Waals surface area contributed by atoms with Gasteiger partial charge in [0.15, 0.2) is 0 Å². The molecule has 37 heavy (non-hydrogen) atoms. The van der Waals surface area contributed by atoms with Crippen LogP contribution < -0.4 is 10.6 Å². The molecule has 2 saturated carbocycles. The maximum atomic E-state index is 13.6. The molecule has 10 nitrogen and oxygen atoms in total. The molecule has 0 spiro atoms. The van der Waals surface area contributed by atoms with Crippen LogP contribution in [0, 0.1) is 5.92 Å². The van der Waals surface area contributed by atoms with E-state index in [-0.39, 0.29) is 25.0 Å². The Morgan fingerprint density at radius 2 is 1.89 bits per heavy atom. The zero-order valence-corrected chi connectivity index (χ0v) is 21.8. The standard InChI is InChI=1S/C27H41N3O7/c1-4-6-7-8-9-14-21(28-26(35)37-20-12-10-11-13-20)24(33)30-17-19(31)15-22(30)23(32)29-27(25(34)36-3)16-18(27)5-2/h4-5,18-22,31H,1-2,6-17H2,3H3,(H,28,35)(H,29,32)/t18-,19+,21+,22+,27-/m1/s1. The maximum absolute atomic E-state index is 13.6. The van der Waals surface area contributed by atoms with E-state index < -0.39 is 47.6 Å². The Morgan fingerprint density at radius 3 is 2.51 bits per heavy atom. The number of esters is 1. The summed E-state index contributed by atoms with van der Waals surface area (Å²) in [5, 5.41) is 15.8. The number of carbonyl (C=O) groups excluding carboxylic acids is 4. The number of alkyl carbamates (subject to hydrolysis) is 1. The Balaban J connectivity index is 1.69. The van der Waals surface area contributed by atoms with Gasteiger partial charge >= 0.3 is 12.1 Å². The van der Waals surface area contributed by atoms with E-state index in [2.05, 4.69) is 23.8 Å². The molecular formula is C27H41N3O7. The summed E-state index contributed by atoms with van der Waals surface area (Å²) in [4.78, 5) is 53.2. The number of nitrogens with zero attached hydrogens (tertiary/aromatic N) is 1. The van der Waals surface area contributed by atoms with Crippen molar-refractivity contribution in [2.45, 2.75) is 100 Å². The van der Waals surface area contributed by atoms with E-state index >= 15 is 0 Å². The first-order chi connectivity index (χ1) is 17.7. The van der Waals surface area contributed by atoms with Crippen LogP contribution in [0.1, 0.15) is 70.6 Å². The Kier molecular flexibility index (Phi) is 10.1. The van der Waals surface area contributed by atoms with Gasteiger partial charge in [0.25, 0.3) is 0 Å². The van der Waals surface area contributed by atoms with Gasteiger partial charge in [-0.15, -0.1) is 13.2 Å². The van der Waals surface area contributed by atoms with Crippen LogP contribution >= 0.6 is 0 Å². The summed E-state index contributed by atoms with van der Waals surface area (Å²) < 4.78 is 10.4. The highest BCUT2D eigenvalue weighted by molar-refractivity contribution is 5.96. The lowest BCUT2D eigenvalue weighted by atomic mass is 10.0. The number of methoxy groups -OCH3 is 1. The van der Waals surface area contributed by atoms with Crippen molar-refractivity contribution in [2.24, 2.45) is 5.92 Å². The van der Waals surface area contributed by atoms with E-state index in [0.29, 0.717) is 19.3 Å². The van der Waals surface area contributed by atoms with Crippen molar-refractivity contribution in [2.75, 3.05) is 13.7 Å². The number of rotatable bonds is 13. The number of likely N-dealkylation sites (tertiary alicyclic amines) is 1. The normalized spacial score (nSPS) is 27.7. The Hall–Kier alpha value is -2.88. The van der Waals surface area contributed by atoms with Gasteiger partial charge < -0.3 is 30.1 Å². The summed E-state index contributed by atoms with van der Waals surface area (Å²) >= 11 is 0. The molecule has 10 heteroatoms. The number of ether oxygens (including phenoxy) is 2. The molecule has 5 atom stereocenters. The molecular weight excluding hydrogens is 478 g/mol. The number of β-amino-alcohol motifs (C(OH)–C–C–N with tert-alkyl or cyclic N) is 1. The molecule has 3 rings (SSSR count). The largest absolute Gasteiger partial charge is 0.467 e. The fraction of sp³-hybridized carbons (Fsp3) is 0.704. The maximum Gasteiger partial charge on any atom is 0.408 e. The van der Waals surface area contributed by atoms with Crippen LogP contribution in [0.3, 0.4) is 0 Å². The number of aliphatic hydroxyl groups is 1. The summed E-state index contributed by atoms with van der Waals surface area (Å²) in [6.07, 6.45) is 9.46. The molecule has 2 aliphatic carbocycles. The number of aliphatic hydroxyl groups excluding tert-OH is 1. The number of carbonyl (C=O) groups is 4. The fourth-order valence-corrected chi connectivity index (χ4v) is 5.40. The molecule has 206 valence electrons. The lowest BCUT2D eigenvalue weighted by Gasteiger charge is -2.29. The quantitative estimate of drug-likeness (QED) is 0.193. The van der Waals surface area contributed by atoms with E-state index in [0.717, 1.165) is 44.9 Å². The molecule has 0 bridgehead atoms. The predicted molar refractivity (Wildman–Crippen MR) is 136 cm³/mol. The van der Waals surface area contributed by atoms with Crippen LogP contribution in [0.2, 0.25) is 0 Å². The smallest absolute Gasteiger partial charge is 0.408 e. The van der Waals surface area contributed by atoms with E-state index in [1.165, 1.54) is 12.0 Å². The van der Waals surface area contributed by atoms with Crippen molar-refractivity contribution in [3.63, 3.8) is 0 Å². The van der Waals surface area contributed by atoms with Crippen LogP contribution in [0.15, 0.2) is 25.3 Å². The minimum atomic E-state index is -1.20. The molecule has 1 aliphatic heterocycles. The molecule has 0 aromatic carbocycles. The third kappa shape index (κ3) is 7.12. The summed E-state index contributed by atoms with van der Waals surface area (Å²) in [7, 11) is 1.25. The second-order valence-electron chi connectivity index (χ2n) is 10.3. The number of nitrogens with one attached hydrogen (secondary N) is 2. The van der Waals surface area contributed by atoms with Crippen molar-refractivity contribution in [3.8, 4) is 0 Å². The van der Waals surface area contributed by atoms with Gasteiger partial charge in [0.05, 0.1) is 13.2 Å². The number of hydrogen-bond donors (Lipinski definition) is 3. The first-order valence-electron chi connectivity index (χ1n) is 13.3. The van der Waals surface area contributed by atoms with Gasteiger partial charge in [0.1, 0.15) is 23.7 Å². The molecule has 3 amide bonds.